The van der Waals surface area contributed by atoms with Gasteiger partial charge in [0.15, 0.2) is 0 Å². The Balaban J connectivity index is 1.05. The number of carbonyl (C=O) groups is 2. The third-order valence-corrected chi connectivity index (χ3v) is 9.74. The first-order chi connectivity index (χ1) is 22.4. The summed E-state index contributed by atoms with van der Waals surface area (Å²) in [4.78, 5) is 38.4. The standard InChI is InChI=1S/C35H37N7O4/c1-19-32(20(2)41-40-19)22-5-8-24(9-6-22)38-34(43)33(39-35(44)46-26-10-11-26)28-12-7-21-3-4-23(13-29(21)28)30-15-31(37-18-36-30)42-16-27-14-25(42)17-45-27/h3-6,8-9,13,15,18,25-28,33H,7,10-12,14,16-17H2,1-2H3,(H,38,43)(H,39,44)(H,40,41)/t25-,27-,28+,33?/m0/s1. The average Bonchev–Trinajstić information content (AvgIpc) is 3.39. The number of aromatic nitrogens is 4. The molecule has 46 heavy (non-hydrogen) atoms. The molecule has 4 heterocycles. The average molecular weight is 620 g/mol. The fourth-order valence-corrected chi connectivity index (χ4v) is 7.25. The van der Waals surface area contributed by atoms with Gasteiger partial charge in [-0.05, 0) is 80.8 Å². The second-order valence-electron chi connectivity index (χ2n) is 12.9. The van der Waals surface area contributed by atoms with Crippen molar-refractivity contribution >= 4 is 23.5 Å². The highest BCUT2D eigenvalue weighted by atomic mass is 16.6. The zero-order valence-corrected chi connectivity index (χ0v) is 26.0. The van der Waals surface area contributed by atoms with E-state index in [9.17, 15) is 9.59 Å². The Kier molecular flexibility index (Phi) is 7.20. The van der Waals surface area contributed by atoms with Gasteiger partial charge in [-0.25, -0.2) is 14.8 Å². The first-order valence-electron chi connectivity index (χ1n) is 16.1. The van der Waals surface area contributed by atoms with Gasteiger partial charge in [-0.1, -0.05) is 24.3 Å². The quantitative estimate of drug-likeness (QED) is 0.249. The van der Waals surface area contributed by atoms with Gasteiger partial charge in [0.05, 0.1) is 30.1 Å². The second-order valence-corrected chi connectivity index (χ2v) is 12.9. The summed E-state index contributed by atoms with van der Waals surface area (Å²) in [6, 6.07) is 15.6. The minimum atomic E-state index is -0.818. The molecular formula is C35H37N7O4. The number of carbonyl (C=O) groups excluding carboxylic acids is 2. The molecule has 11 heteroatoms. The van der Waals surface area contributed by atoms with Crippen LogP contribution in [-0.2, 0) is 20.7 Å². The number of morpholine rings is 1. The summed E-state index contributed by atoms with van der Waals surface area (Å²) >= 11 is 0. The molecule has 2 amide bonds. The van der Waals surface area contributed by atoms with Crippen molar-refractivity contribution in [3.8, 4) is 22.4 Å². The summed E-state index contributed by atoms with van der Waals surface area (Å²) in [6.45, 7) is 5.53. The molecule has 2 aliphatic carbocycles. The first kappa shape index (κ1) is 28.7. The Bertz CT molecular complexity index is 1780. The van der Waals surface area contributed by atoms with Crippen LogP contribution in [0.5, 0.6) is 0 Å². The molecule has 2 bridgehead atoms. The van der Waals surface area contributed by atoms with Crippen LogP contribution in [-0.4, -0.2) is 69.6 Å². The van der Waals surface area contributed by atoms with E-state index in [-0.39, 0.29) is 24.0 Å². The van der Waals surface area contributed by atoms with Crippen molar-refractivity contribution < 1.29 is 19.1 Å². The predicted octanol–water partition coefficient (Wildman–Crippen LogP) is 5.05. The number of fused-ring (bicyclic) bond motifs is 3. The molecule has 4 atom stereocenters. The normalized spacial score (nSPS) is 22.0. The van der Waals surface area contributed by atoms with Crippen LogP contribution in [0.15, 0.2) is 54.9 Å². The monoisotopic (exact) mass is 619 g/mol. The van der Waals surface area contributed by atoms with Crippen LogP contribution in [0.25, 0.3) is 22.4 Å². The van der Waals surface area contributed by atoms with Gasteiger partial charge in [0.2, 0.25) is 5.91 Å². The molecule has 8 rings (SSSR count). The highest BCUT2D eigenvalue weighted by Crippen LogP contribution is 2.39. The highest BCUT2D eigenvalue weighted by molar-refractivity contribution is 5.97. The smallest absolute Gasteiger partial charge is 0.408 e. The summed E-state index contributed by atoms with van der Waals surface area (Å²) in [5.74, 6) is 0.392. The fraction of sp³-hybridized carbons (Fsp3) is 0.400. The van der Waals surface area contributed by atoms with E-state index in [1.54, 1.807) is 6.33 Å². The molecule has 4 aliphatic rings. The molecule has 1 saturated carbocycles. The summed E-state index contributed by atoms with van der Waals surface area (Å²) in [5, 5.41) is 13.3. The lowest BCUT2D eigenvalue weighted by atomic mass is 9.91. The predicted molar refractivity (Wildman–Crippen MR) is 173 cm³/mol. The van der Waals surface area contributed by atoms with E-state index >= 15 is 0 Å². The summed E-state index contributed by atoms with van der Waals surface area (Å²) in [6.07, 6.45) is 5.55. The van der Waals surface area contributed by atoms with Gasteiger partial charge in [0.25, 0.3) is 0 Å². The van der Waals surface area contributed by atoms with Gasteiger partial charge >= 0.3 is 6.09 Å². The number of benzene rings is 2. The zero-order valence-electron chi connectivity index (χ0n) is 26.0. The molecule has 3 N–H and O–H groups in total. The zero-order chi connectivity index (χ0) is 31.4. The summed E-state index contributed by atoms with van der Waals surface area (Å²) < 4.78 is 11.3. The molecule has 0 spiro atoms. The van der Waals surface area contributed by atoms with Gasteiger partial charge in [0.1, 0.15) is 24.3 Å². The van der Waals surface area contributed by atoms with Crippen molar-refractivity contribution in [2.75, 3.05) is 23.4 Å². The Labute approximate surface area is 267 Å². The Morgan fingerprint density at radius 1 is 1.04 bits per heavy atom. The topological polar surface area (TPSA) is 134 Å². The molecule has 2 aromatic heterocycles. The lowest BCUT2D eigenvalue weighted by Gasteiger charge is -2.28. The van der Waals surface area contributed by atoms with Crippen molar-refractivity contribution in [2.45, 2.75) is 76.2 Å². The van der Waals surface area contributed by atoms with Gasteiger partial charge in [-0.3, -0.25) is 9.89 Å². The van der Waals surface area contributed by atoms with Gasteiger partial charge in [-0.2, -0.15) is 5.10 Å². The number of amides is 2. The van der Waals surface area contributed by atoms with E-state index < -0.39 is 12.1 Å². The Hall–Kier alpha value is -4.77. The number of H-pyrrole nitrogens is 1. The number of alkyl carbamates (subject to hydrolysis) is 1. The van der Waals surface area contributed by atoms with Crippen molar-refractivity contribution in [3.05, 3.63) is 77.4 Å². The van der Waals surface area contributed by atoms with Crippen molar-refractivity contribution in [2.24, 2.45) is 0 Å². The van der Waals surface area contributed by atoms with E-state index in [0.717, 1.165) is 90.4 Å². The number of nitrogens with zero attached hydrogens (tertiary/aromatic N) is 4. The van der Waals surface area contributed by atoms with Crippen molar-refractivity contribution in [1.29, 1.82) is 0 Å². The van der Waals surface area contributed by atoms with E-state index in [4.69, 9.17) is 9.47 Å². The van der Waals surface area contributed by atoms with Gasteiger partial charge in [0, 0.05) is 41.0 Å². The molecule has 3 fully saturated rings. The van der Waals surface area contributed by atoms with Crippen LogP contribution in [0.3, 0.4) is 0 Å². The Morgan fingerprint density at radius 3 is 2.59 bits per heavy atom. The maximum Gasteiger partial charge on any atom is 0.408 e. The number of nitrogens with one attached hydrogen (secondary N) is 3. The number of hydrogen-bond donors (Lipinski definition) is 3. The SMILES string of the molecule is Cc1n[nH]c(C)c1-c1ccc(NC(=O)C(NC(=O)OC2CC2)[C@@H]2CCc3ccc(-c4cc(N5C[C@@H]6C[C@H]5CO6)ncn4)cc32)cc1. The number of aryl methyl sites for hydroxylation is 3. The maximum absolute atomic E-state index is 13.9. The lowest BCUT2D eigenvalue weighted by molar-refractivity contribution is -0.118. The number of aromatic amines is 1. The third kappa shape index (κ3) is 5.49. The molecule has 2 saturated heterocycles. The lowest BCUT2D eigenvalue weighted by Crippen LogP contribution is -2.47. The van der Waals surface area contributed by atoms with E-state index in [1.807, 2.05) is 44.2 Å². The first-order valence-corrected chi connectivity index (χ1v) is 16.1. The molecular weight excluding hydrogens is 582 g/mol. The van der Waals surface area contributed by atoms with Crippen LogP contribution in [0.2, 0.25) is 0 Å². The number of rotatable bonds is 8. The minimum Gasteiger partial charge on any atom is -0.446 e. The summed E-state index contributed by atoms with van der Waals surface area (Å²) in [5.41, 5.74) is 8.61. The van der Waals surface area contributed by atoms with E-state index in [1.165, 1.54) is 5.56 Å². The second kappa shape index (κ2) is 11.5. The molecule has 2 aliphatic heterocycles. The molecule has 11 nitrogen and oxygen atoms in total. The third-order valence-electron chi connectivity index (χ3n) is 9.74. The largest absolute Gasteiger partial charge is 0.446 e. The van der Waals surface area contributed by atoms with Crippen molar-refractivity contribution in [3.63, 3.8) is 0 Å². The molecule has 1 unspecified atom stereocenters. The minimum absolute atomic E-state index is 0.0714. The van der Waals surface area contributed by atoms with Gasteiger partial charge in [-0.15, -0.1) is 0 Å². The van der Waals surface area contributed by atoms with E-state index in [0.29, 0.717) is 11.7 Å². The van der Waals surface area contributed by atoms with E-state index in [2.05, 4.69) is 53.9 Å². The molecule has 0 radical (unpaired) electrons. The summed E-state index contributed by atoms with van der Waals surface area (Å²) in [7, 11) is 0. The molecule has 4 aromatic rings. The van der Waals surface area contributed by atoms with Crippen LogP contribution < -0.4 is 15.5 Å². The number of ether oxygens (including phenoxy) is 2. The highest BCUT2D eigenvalue weighted by Gasteiger charge is 2.40. The Morgan fingerprint density at radius 2 is 1.87 bits per heavy atom. The van der Waals surface area contributed by atoms with Crippen LogP contribution >= 0.6 is 0 Å². The van der Waals surface area contributed by atoms with Crippen LogP contribution in [0, 0.1) is 13.8 Å². The number of anilines is 2. The maximum atomic E-state index is 13.9. The van der Waals surface area contributed by atoms with Crippen LogP contribution in [0.1, 0.15) is 54.1 Å². The fourth-order valence-electron chi connectivity index (χ4n) is 7.25. The van der Waals surface area contributed by atoms with Gasteiger partial charge < -0.3 is 25.0 Å². The molecule has 236 valence electrons. The van der Waals surface area contributed by atoms with Crippen LogP contribution in [0.4, 0.5) is 16.3 Å². The molecule has 2 aromatic carbocycles. The number of hydrogen-bond acceptors (Lipinski definition) is 8. The van der Waals surface area contributed by atoms with Crippen molar-refractivity contribution in [1.82, 2.24) is 25.5 Å².